The molecule has 25 heavy (non-hydrogen) atoms. The average Bonchev–Trinajstić information content (AvgIpc) is 3.07. The number of rotatable bonds is 5. The van der Waals surface area contributed by atoms with Crippen LogP contribution in [0.15, 0.2) is 28.5 Å². The standard InChI is InChI=1S/C15H16N6O2S2.3H2/c1-8-6-12(18-13-7-10(20-21-13)9-2-3-9)19-15(17-8)11-4-5-14(24-11)25(16,22)23;;;/h4-7,9H,2-3H2,1H3,(H2,16,22,23)(H2,17,18,19,20,21);3*1H. The van der Waals surface area contributed by atoms with E-state index < -0.39 is 10.0 Å². The van der Waals surface area contributed by atoms with Gasteiger partial charge >= 0.3 is 0 Å². The van der Waals surface area contributed by atoms with Crippen molar-refractivity contribution in [3.05, 3.63) is 35.7 Å². The van der Waals surface area contributed by atoms with Crippen LogP contribution < -0.4 is 10.5 Å². The molecule has 0 aromatic carbocycles. The van der Waals surface area contributed by atoms with E-state index in [4.69, 9.17) is 5.14 Å². The fraction of sp³-hybridized carbons (Fsp3) is 0.267. The fourth-order valence-electron chi connectivity index (χ4n) is 2.47. The zero-order valence-electron chi connectivity index (χ0n) is 13.4. The zero-order chi connectivity index (χ0) is 17.6. The molecular weight excluding hydrogens is 360 g/mol. The van der Waals surface area contributed by atoms with Gasteiger partial charge in [0.15, 0.2) is 11.6 Å². The molecule has 8 nitrogen and oxygen atoms in total. The van der Waals surface area contributed by atoms with Crippen LogP contribution in [-0.4, -0.2) is 28.6 Å². The number of H-pyrrole nitrogens is 1. The number of primary sulfonamides is 1. The van der Waals surface area contributed by atoms with E-state index in [0.717, 1.165) is 22.7 Å². The highest BCUT2D eigenvalue weighted by Crippen LogP contribution is 2.39. The molecule has 3 heterocycles. The van der Waals surface area contributed by atoms with Crippen LogP contribution in [0.5, 0.6) is 0 Å². The molecule has 1 aliphatic carbocycles. The number of aromatic nitrogens is 4. The summed E-state index contributed by atoms with van der Waals surface area (Å²) in [5.41, 5.74) is 1.89. The van der Waals surface area contributed by atoms with Crippen molar-refractivity contribution in [3.63, 3.8) is 0 Å². The predicted molar refractivity (Wildman–Crippen MR) is 102 cm³/mol. The van der Waals surface area contributed by atoms with Crippen LogP contribution in [0.2, 0.25) is 0 Å². The first-order valence-corrected chi connectivity index (χ1v) is 10.1. The smallest absolute Gasteiger partial charge is 0.247 e. The molecule has 136 valence electrons. The quantitative estimate of drug-likeness (QED) is 0.622. The van der Waals surface area contributed by atoms with Gasteiger partial charge in [-0.1, -0.05) is 0 Å². The summed E-state index contributed by atoms with van der Waals surface area (Å²) in [4.78, 5) is 9.48. The largest absolute Gasteiger partial charge is 0.323 e. The molecule has 0 unspecified atom stereocenters. The molecule has 1 fully saturated rings. The van der Waals surface area contributed by atoms with Gasteiger partial charge in [0.05, 0.1) is 4.88 Å². The Hall–Kier alpha value is -2.30. The van der Waals surface area contributed by atoms with Crippen molar-refractivity contribution >= 4 is 33.0 Å². The summed E-state index contributed by atoms with van der Waals surface area (Å²) < 4.78 is 23.0. The number of aromatic amines is 1. The van der Waals surface area contributed by atoms with E-state index in [0.29, 0.717) is 28.3 Å². The molecule has 0 radical (unpaired) electrons. The van der Waals surface area contributed by atoms with Gasteiger partial charge < -0.3 is 5.32 Å². The number of nitrogens with two attached hydrogens (primary N) is 1. The number of nitrogens with one attached hydrogen (secondary N) is 2. The minimum atomic E-state index is -3.73. The second-order valence-electron chi connectivity index (χ2n) is 5.99. The van der Waals surface area contributed by atoms with E-state index in [2.05, 4.69) is 25.5 Å². The second kappa shape index (κ2) is 5.90. The van der Waals surface area contributed by atoms with E-state index in [1.54, 1.807) is 6.07 Å². The maximum Gasteiger partial charge on any atom is 0.247 e. The Morgan fingerprint density at radius 3 is 2.76 bits per heavy atom. The number of anilines is 2. The summed E-state index contributed by atoms with van der Waals surface area (Å²) in [5, 5.41) is 15.6. The third-order valence-electron chi connectivity index (χ3n) is 3.81. The van der Waals surface area contributed by atoms with Crippen LogP contribution in [0, 0.1) is 6.92 Å². The van der Waals surface area contributed by atoms with Crippen molar-refractivity contribution in [3.8, 4) is 10.7 Å². The van der Waals surface area contributed by atoms with Crippen molar-refractivity contribution < 1.29 is 12.7 Å². The van der Waals surface area contributed by atoms with Crippen LogP contribution >= 0.6 is 11.3 Å². The Morgan fingerprint density at radius 2 is 2.08 bits per heavy atom. The first-order valence-electron chi connectivity index (χ1n) is 7.69. The lowest BCUT2D eigenvalue weighted by molar-refractivity contribution is 0.600. The van der Waals surface area contributed by atoms with Crippen molar-refractivity contribution in [2.24, 2.45) is 5.14 Å². The van der Waals surface area contributed by atoms with Crippen molar-refractivity contribution in [2.75, 3.05) is 5.32 Å². The number of thiophene rings is 1. The van der Waals surface area contributed by atoms with Gasteiger partial charge in [0.25, 0.3) is 0 Å². The molecule has 10 heteroatoms. The van der Waals surface area contributed by atoms with E-state index in [-0.39, 0.29) is 8.49 Å². The molecule has 3 aromatic heterocycles. The molecule has 4 N–H and O–H groups in total. The summed E-state index contributed by atoms with van der Waals surface area (Å²) in [7, 11) is -3.73. The van der Waals surface area contributed by atoms with Gasteiger partial charge in [0.2, 0.25) is 10.0 Å². The molecule has 0 spiro atoms. The first kappa shape index (κ1) is 16.2. The highest BCUT2D eigenvalue weighted by atomic mass is 32.2. The summed E-state index contributed by atoms with van der Waals surface area (Å²) in [6.07, 6.45) is 2.40. The number of nitrogens with zero attached hydrogens (tertiary/aromatic N) is 3. The van der Waals surface area contributed by atoms with Crippen LogP contribution in [0.3, 0.4) is 0 Å². The minimum absolute atomic E-state index is 0. The lowest BCUT2D eigenvalue weighted by Crippen LogP contribution is -2.09. The lowest BCUT2D eigenvalue weighted by Gasteiger charge is -2.05. The highest BCUT2D eigenvalue weighted by Gasteiger charge is 2.25. The molecule has 3 aromatic rings. The van der Waals surface area contributed by atoms with Gasteiger partial charge in [-0.15, -0.1) is 11.3 Å². The Balaban J connectivity index is 0.00000131. The summed E-state index contributed by atoms with van der Waals surface area (Å²) in [6.45, 7) is 1.85. The third kappa shape index (κ3) is 3.55. The number of sulfonamides is 1. The average molecular weight is 383 g/mol. The van der Waals surface area contributed by atoms with Gasteiger partial charge in [-0.25, -0.2) is 23.5 Å². The number of hydrogen-bond acceptors (Lipinski definition) is 7. The molecule has 0 atom stereocenters. The van der Waals surface area contributed by atoms with Gasteiger partial charge in [0.1, 0.15) is 10.0 Å². The van der Waals surface area contributed by atoms with Gasteiger partial charge in [-0.05, 0) is 31.9 Å². The third-order valence-corrected chi connectivity index (χ3v) is 6.33. The number of aryl methyl sites for hydroxylation is 1. The van der Waals surface area contributed by atoms with E-state index >= 15 is 0 Å². The molecule has 4 rings (SSSR count). The minimum Gasteiger partial charge on any atom is -0.323 e. The summed E-state index contributed by atoms with van der Waals surface area (Å²) >= 11 is 1.05. The van der Waals surface area contributed by atoms with Gasteiger partial charge in [-0.2, -0.15) is 5.10 Å². The van der Waals surface area contributed by atoms with E-state index in [1.807, 2.05) is 19.1 Å². The summed E-state index contributed by atoms with van der Waals surface area (Å²) in [5.74, 6) is 2.33. The Kier molecular flexibility index (Phi) is 3.82. The van der Waals surface area contributed by atoms with E-state index in [1.165, 1.54) is 18.9 Å². The molecular formula is C15H22N6O2S2. The first-order chi connectivity index (χ1) is 11.9. The molecule has 0 aliphatic heterocycles. The van der Waals surface area contributed by atoms with Crippen LogP contribution in [0.4, 0.5) is 11.6 Å². The molecule has 0 saturated heterocycles. The van der Waals surface area contributed by atoms with Gasteiger partial charge in [0, 0.05) is 33.7 Å². The van der Waals surface area contributed by atoms with Gasteiger partial charge in [-0.3, -0.25) is 5.10 Å². The maximum atomic E-state index is 11.4. The highest BCUT2D eigenvalue weighted by molar-refractivity contribution is 7.91. The van der Waals surface area contributed by atoms with Crippen molar-refractivity contribution in [1.29, 1.82) is 0 Å². The predicted octanol–water partition coefficient (Wildman–Crippen LogP) is 3.24. The zero-order valence-corrected chi connectivity index (χ0v) is 15.0. The molecule has 0 bridgehead atoms. The fourth-order valence-corrected chi connectivity index (χ4v) is 4.13. The monoisotopic (exact) mass is 382 g/mol. The lowest BCUT2D eigenvalue weighted by atomic mass is 10.3. The Labute approximate surface area is 153 Å². The van der Waals surface area contributed by atoms with Crippen LogP contribution in [0.1, 0.15) is 34.4 Å². The second-order valence-corrected chi connectivity index (χ2v) is 8.86. The summed E-state index contributed by atoms with van der Waals surface area (Å²) in [6, 6.07) is 6.91. The van der Waals surface area contributed by atoms with Crippen LogP contribution in [-0.2, 0) is 10.0 Å². The van der Waals surface area contributed by atoms with Crippen molar-refractivity contribution in [2.45, 2.75) is 29.9 Å². The Bertz CT molecular complexity index is 1050. The molecule has 1 saturated carbocycles. The molecule has 1 aliphatic rings. The Morgan fingerprint density at radius 1 is 1.28 bits per heavy atom. The SMILES string of the molecule is Cc1cc(Nc2cc(C3CC3)[nH]n2)nc(-c2ccc(S(N)(=O)=O)s2)n1.[HH].[HH].[HH]. The normalized spacial score (nSPS) is 14.6. The number of hydrogen-bond donors (Lipinski definition) is 3. The van der Waals surface area contributed by atoms with Crippen LogP contribution in [0.25, 0.3) is 10.7 Å². The molecule has 0 amide bonds. The van der Waals surface area contributed by atoms with Crippen molar-refractivity contribution in [1.82, 2.24) is 20.2 Å². The topological polar surface area (TPSA) is 127 Å². The maximum absolute atomic E-state index is 11.4. The van der Waals surface area contributed by atoms with E-state index in [9.17, 15) is 8.42 Å².